The van der Waals surface area contributed by atoms with Crippen molar-refractivity contribution in [3.8, 4) is 0 Å². The van der Waals surface area contributed by atoms with Gasteiger partial charge in [-0.1, -0.05) is 11.6 Å². The predicted molar refractivity (Wildman–Crippen MR) is 68.0 cm³/mol. The highest BCUT2D eigenvalue weighted by atomic mass is 16.3. The van der Waals surface area contributed by atoms with Crippen molar-refractivity contribution in [3.63, 3.8) is 0 Å². The lowest BCUT2D eigenvalue weighted by molar-refractivity contribution is 0.140. The van der Waals surface area contributed by atoms with E-state index >= 15 is 0 Å². The number of hydrogen-bond acceptors (Lipinski definition) is 2. The second-order valence-corrected chi connectivity index (χ2v) is 5.20. The summed E-state index contributed by atoms with van der Waals surface area (Å²) in [5.74, 6) is 1.55. The van der Waals surface area contributed by atoms with Crippen molar-refractivity contribution in [1.29, 1.82) is 0 Å². The van der Waals surface area contributed by atoms with E-state index < -0.39 is 0 Å². The first kappa shape index (κ1) is 10.8. The lowest BCUT2D eigenvalue weighted by Crippen LogP contribution is -2.09. The molecule has 1 heterocycles. The summed E-state index contributed by atoms with van der Waals surface area (Å²) in [4.78, 5) is 0. The number of fused-ring (bicyclic) bond motifs is 1. The van der Waals surface area contributed by atoms with Crippen molar-refractivity contribution in [1.82, 2.24) is 0 Å². The third kappa shape index (κ3) is 2.37. The SMILES string of the molecule is Cc1ccc2oc(CCC(O)C3CC3)cc2c1. The van der Waals surface area contributed by atoms with Crippen LogP contribution < -0.4 is 0 Å². The molecule has 1 aromatic heterocycles. The first-order valence-corrected chi connectivity index (χ1v) is 6.39. The number of hydrogen-bond donors (Lipinski definition) is 1. The fourth-order valence-corrected chi connectivity index (χ4v) is 2.35. The van der Waals surface area contributed by atoms with E-state index in [1.807, 2.05) is 6.07 Å². The van der Waals surface area contributed by atoms with Gasteiger partial charge in [0.15, 0.2) is 0 Å². The van der Waals surface area contributed by atoms with Crippen LogP contribution in [-0.4, -0.2) is 11.2 Å². The van der Waals surface area contributed by atoms with Crippen molar-refractivity contribution in [3.05, 3.63) is 35.6 Å². The van der Waals surface area contributed by atoms with Gasteiger partial charge in [-0.2, -0.15) is 0 Å². The Labute approximate surface area is 101 Å². The van der Waals surface area contributed by atoms with Crippen LogP contribution in [0.15, 0.2) is 28.7 Å². The van der Waals surface area contributed by atoms with Gasteiger partial charge in [-0.25, -0.2) is 0 Å². The first-order valence-electron chi connectivity index (χ1n) is 6.39. The zero-order chi connectivity index (χ0) is 11.8. The standard InChI is InChI=1S/C15H18O2/c1-10-2-7-15-12(8-10)9-13(17-15)5-6-14(16)11-3-4-11/h2,7-9,11,14,16H,3-6H2,1H3. The lowest BCUT2D eigenvalue weighted by Gasteiger charge is -2.06. The minimum Gasteiger partial charge on any atom is -0.461 e. The molecule has 1 aliphatic carbocycles. The van der Waals surface area contributed by atoms with Crippen molar-refractivity contribution in [2.45, 2.75) is 38.7 Å². The average Bonchev–Trinajstić information content (AvgIpc) is 3.07. The Morgan fingerprint density at radius 2 is 2.18 bits per heavy atom. The Balaban J connectivity index is 1.72. The van der Waals surface area contributed by atoms with Gasteiger partial charge in [0.05, 0.1) is 6.10 Å². The molecule has 2 nitrogen and oxygen atoms in total. The summed E-state index contributed by atoms with van der Waals surface area (Å²) in [5, 5.41) is 11.0. The topological polar surface area (TPSA) is 33.4 Å². The van der Waals surface area contributed by atoms with Crippen LogP contribution in [0, 0.1) is 12.8 Å². The van der Waals surface area contributed by atoms with Crippen molar-refractivity contribution in [2.24, 2.45) is 5.92 Å². The first-order chi connectivity index (χ1) is 8.22. The molecule has 90 valence electrons. The number of aryl methyl sites for hydroxylation is 2. The maximum absolute atomic E-state index is 9.83. The monoisotopic (exact) mass is 230 g/mol. The van der Waals surface area contributed by atoms with Gasteiger partial charge >= 0.3 is 0 Å². The number of aliphatic hydroxyl groups is 1. The molecule has 1 saturated carbocycles. The molecule has 0 spiro atoms. The molecule has 0 aliphatic heterocycles. The molecule has 17 heavy (non-hydrogen) atoms. The number of benzene rings is 1. The van der Waals surface area contributed by atoms with E-state index in [2.05, 4.69) is 25.1 Å². The van der Waals surface area contributed by atoms with E-state index in [0.717, 1.165) is 24.2 Å². The van der Waals surface area contributed by atoms with Gasteiger partial charge in [-0.15, -0.1) is 0 Å². The summed E-state index contributed by atoms with van der Waals surface area (Å²) in [6.07, 6.45) is 3.92. The maximum atomic E-state index is 9.83. The van der Waals surface area contributed by atoms with Crippen molar-refractivity contribution < 1.29 is 9.52 Å². The highest BCUT2D eigenvalue weighted by Gasteiger charge is 2.29. The van der Waals surface area contributed by atoms with E-state index in [9.17, 15) is 5.11 Å². The van der Waals surface area contributed by atoms with Gasteiger partial charge in [0.2, 0.25) is 0 Å². The summed E-state index contributed by atoms with van der Waals surface area (Å²) in [6.45, 7) is 2.09. The largest absolute Gasteiger partial charge is 0.461 e. The summed E-state index contributed by atoms with van der Waals surface area (Å²) < 4.78 is 5.76. The van der Waals surface area contributed by atoms with Crippen LogP contribution in [-0.2, 0) is 6.42 Å². The van der Waals surface area contributed by atoms with Gasteiger partial charge in [0, 0.05) is 11.8 Å². The molecule has 1 fully saturated rings. The van der Waals surface area contributed by atoms with Crippen molar-refractivity contribution in [2.75, 3.05) is 0 Å². The molecular formula is C15H18O2. The van der Waals surface area contributed by atoms with Crippen LogP contribution >= 0.6 is 0 Å². The third-order valence-electron chi connectivity index (χ3n) is 3.58. The second kappa shape index (κ2) is 4.19. The molecule has 3 rings (SSSR count). The van der Waals surface area contributed by atoms with Gasteiger partial charge in [-0.05, 0) is 50.3 Å². The van der Waals surface area contributed by atoms with Gasteiger partial charge < -0.3 is 9.52 Å². The van der Waals surface area contributed by atoms with E-state index in [-0.39, 0.29) is 6.10 Å². The zero-order valence-corrected chi connectivity index (χ0v) is 10.1. The Hall–Kier alpha value is -1.28. The van der Waals surface area contributed by atoms with Gasteiger partial charge in [0.25, 0.3) is 0 Å². The Morgan fingerprint density at radius 1 is 1.35 bits per heavy atom. The molecule has 2 aromatic rings. The quantitative estimate of drug-likeness (QED) is 0.872. The van der Waals surface area contributed by atoms with E-state index in [1.54, 1.807) is 0 Å². The molecule has 1 unspecified atom stereocenters. The molecule has 1 N–H and O–H groups in total. The predicted octanol–water partition coefficient (Wildman–Crippen LogP) is 3.44. The van der Waals surface area contributed by atoms with Gasteiger partial charge in [0.1, 0.15) is 11.3 Å². The minimum atomic E-state index is -0.134. The third-order valence-corrected chi connectivity index (χ3v) is 3.58. The molecule has 1 atom stereocenters. The van der Waals surface area contributed by atoms with Crippen LogP contribution in [0.2, 0.25) is 0 Å². The van der Waals surface area contributed by atoms with Crippen LogP contribution in [0.3, 0.4) is 0 Å². The maximum Gasteiger partial charge on any atom is 0.134 e. The van der Waals surface area contributed by atoms with Crippen molar-refractivity contribution >= 4 is 11.0 Å². The number of furan rings is 1. The van der Waals surface area contributed by atoms with Crippen LogP contribution in [0.25, 0.3) is 11.0 Å². The van der Waals surface area contributed by atoms with Crippen LogP contribution in [0.5, 0.6) is 0 Å². The Kier molecular flexibility index (Phi) is 2.67. The zero-order valence-electron chi connectivity index (χ0n) is 10.1. The Bertz CT molecular complexity index is 523. The number of aliphatic hydroxyl groups excluding tert-OH is 1. The highest BCUT2D eigenvalue weighted by Crippen LogP contribution is 2.34. The smallest absolute Gasteiger partial charge is 0.134 e. The summed E-state index contributed by atoms with van der Waals surface area (Å²) in [5.41, 5.74) is 2.20. The second-order valence-electron chi connectivity index (χ2n) is 5.20. The molecule has 1 aromatic carbocycles. The molecule has 0 saturated heterocycles. The lowest BCUT2D eigenvalue weighted by atomic mass is 10.1. The fourth-order valence-electron chi connectivity index (χ4n) is 2.35. The average molecular weight is 230 g/mol. The van der Waals surface area contributed by atoms with Crippen LogP contribution in [0.1, 0.15) is 30.6 Å². The molecule has 0 amide bonds. The normalized spacial score (nSPS) is 17.5. The number of rotatable bonds is 4. The summed E-state index contributed by atoms with van der Waals surface area (Å²) >= 11 is 0. The summed E-state index contributed by atoms with van der Waals surface area (Å²) in [6, 6.07) is 8.32. The molecule has 0 radical (unpaired) electrons. The summed E-state index contributed by atoms with van der Waals surface area (Å²) in [7, 11) is 0. The molecule has 0 bridgehead atoms. The Morgan fingerprint density at radius 3 is 2.94 bits per heavy atom. The molecule has 1 aliphatic rings. The van der Waals surface area contributed by atoms with E-state index in [0.29, 0.717) is 5.92 Å². The fraction of sp³-hybridized carbons (Fsp3) is 0.467. The molecule has 2 heteroatoms. The molecular weight excluding hydrogens is 212 g/mol. The van der Waals surface area contributed by atoms with Gasteiger partial charge in [-0.3, -0.25) is 0 Å². The highest BCUT2D eigenvalue weighted by molar-refractivity contribution is 5.78. The van der Waals surface area contributed by atoms with E-state index in [4.69, 9.17) is 4.42 Å². The van der Waals surface area contributed by atoms with E-state index in [1.165, 1.54) is 23.8 Å². The minimum absolute atomic E-state index is 0.134. The van der Waals surface area contributed by atoms with Crippen LogP contribution in [0.4, 0.5) is 0 Å².